The van der Waals surface area contributed by atoms with Crippen LogP contribution >= 0.6 is 0 Å². The first kappa shape index (κ1) is 17.0. The van der Waals surface area contributed by atoms with Crippen LogP contribution in [0.1, 0.15) is 42.6 Å². The summed E-state index contributed by atoms with van der Waals surface area (Å²) in [6, 6.07) is 14.7. The lowest BCUT2D eigenvalue weighted by atomic mass is 9.61. The van der Waals surface area contributed by atoms with Gasteiger partial charge in [-0.25, -0.2) is 18.6 Å². The molecule has 0 fully saturated rings. The van der Waals surface area contributed by atoms with Gasteiger partial charge < -0.3 is 0 Å². The number of hydrogen-bond acceptors (Lipinski definition) is 5. The Morgan fingerprint density at radius 2 is 1.50 bits per heavy atom. The molecule has 2 unspecified atom stereocenters. The topological polar surface area (TPSA) is 113 Å². The molecule has 3 heterocycles. The number of rotatable bonds is 0. The van der Waals surface area contributed by atoms with Gasteiger partial charge in [0.25, 0.3) is 0 Å². The van der Waals surface area contributed by atoms with Crippen molar-refractivity contribution in [2.45, 2.75) is 25.8 Å². The van der Waals surface area contributed by atoms with Crippen molar-refractivity contribution in [1.29, 1.82) is 0 Å². The number of ketones is 1. The molecule has 2 aliphatic heterocycles. The van der Waals surface area contributed by atoms with Crippen LogP contribution in [0.15, 0.2) is 48.7 Å². The molecule has 0 saturated heterocycles. The van der Waals surface area contributed by atoms with Crippen molar-refractivity contribution in [2.24, 2.45) is 5.41 Å². The van der Waals surface area contributed by atoms with Crippen molar-refractivity contribution in [1.82, 2.24) is 0 Å². The molecule has 1 aromatic heterocycles. The average Bonchev–Trinajstić information content (AvgIpc) is 2.48. The minimum atomic E-state index is -4.94. The highest BCUT2D eigenvalue weighted by Gasteiger charge is 2.59. The molecular weight excluding hydrogens is 334 g/mol. The number of Topliss-reactive ketones (excluding diaryl/α,β-unsaturated/α-hetero) is 1. The molecule has 0 radical (unpaired) electrons. The predicted molar refractivity (Wildman–Crippen MR) is 71.8 cm³/mol. The second kappa shape index (κ2) is 5.61. The van der Waals surface area contributed by atoms with Crippen molar-refractivity contribution in [3.8, 4) is 0 Å². The Kier molecular flexibility index (Phi) is 3.98. The van der Waals surface area contributed by atoms with Crippen LogP contribution in [-0.2, 0) is 4.79 Å². The number of halogens is 1. The van der Waals surface area contributed by atoms with E-state index in [1.165, 1.54) is 11.1 Å². The van der Waals surface area contributed by atoms with Crippen LogP contribution in [-0.4, -0.2) is 5.78 Å². The van der Waals surface area contributed by atoms with E-state index in [2.05, 4.69) is 48.9 Å². The van der Waals surface area contributed by atoms with Gasteiger partial charge in [0.2, 0.25) is 0 Å². The first-order valence-corrected chi connectivity index (χ1v) is 8.61. The van der Waals surface area contributed by atoms with E-state index >= 15 is 0 Å². The van der Waals surface area contributed by atoms with Crippen molar-refractivity contribution in [2.75, 3.05) is 0 Å². The molecule has 1 aliphatic carbocycles. The number of aromatic nitrogens is 1. The van der Waals surface area contributed by atoms with E-state index in [9.17, 15) is 4.79 Å². The van der Waals surface area contributed by atoms with Crippen LogP contribution in [0.4, 0.5) is 0 Å². The zero-order chi connectivity index (χ0) is 17.7. The van der Waals surface area contributed by atoms with Gasteiger partial charge in [-0.2, -0.15) is 4.57 Å². The molecule has 24 heavy (non-hydrogen) atoms. The fourth-order valence-corrected chi connectivity index (χ4v) is 3.80. The van der Waals surface area contributed by atoms with Gasteiger partial charge in [-0.3, -0.25) is 4.79 Å². The number of fused-ring (bicyclic) bond motifs is 1. The zero-order valence-corrected chi connectivity index (χ0v) is 13.9. The summed E-state index contributed by atoms with van der Waals surface area (Å²) in [5.41, 5.74) is 3.30. The Labute approximate surface area is 141 Å². The van der Waals surface area contributed by atoms with Crippen LogP contribution in [0.25, 0.3) is 0 Å². The molecule has 3 aliphatic rings. The Balaban J connectivity index is 0.000000300. The second-order valence-electron chi connectivity index (χ2n) is 6.46. The van der Waals surface area contributed by atoms with E-state index in [0.717, 1.165) is 5.69 Å². The first-order valence-electron chi connectivity index (χ1n) is 7.37. The van der Waals surface area contributed by atoms with Crippen LogP contribution < -0.4 is 23.2 Å². The van der Waals surface area contributed by atoms with Gasteiger partial charge in [-0.05, 0) is 19.4 Å². The fourth-order valence-electron chi connectivity index (χ4n) is 3.80. The van der Waals surface area contributed by atoms with E-state index in [4.69, 9.17) is 18.6 Å². The molecule has 2 atom stereocenters. The summed E-state index contributed by atoms with van der Waals surface area (Å²) in [5, 5.41) is 0. The third-order valence-corrected chi connectivity index (χ3v) is 4.68. The SMILES string of the molecule is CC1(C)C(=O)C2c3ccccc3C1[n+]1ccccc12.[O-][Cl+3]([O-])([O-])[O-]. The number of carbonyl (C=O) groups is 1. The molecular formula is C17H16ClNO5. The average molecular weight is 350 g/mol. The van der Waals surface area contributed by atoms with Crippen molar-refractivity contribution in [3.05, 3.63) is 65.5 Å². The normalized spacial score (nSPS) is 23.0. The summed E-state index contributed by atoms with van der Waals surface area (Å²) in [5.74, 6) is 0.250. The van der Waals surface area contributed by atoms with Crippen LogP contribution in [0, 0.1) is 15.7 Å². The quantitative estimate of drug-likeness (QED) is 0.504. The second-order valence-corrected chi connectivity index (χ2v) is 7.22. The lowest BCUT2D eigenvalue weighted by Crippen LogP contribution is -2.68. The summed E-state index contributed by atoms with van der Waals surface area (Å²) in [7, 11) is -4.94. The van der Waals surface area contributed by atoms with Crippen molar-refractivity contribution < 1.29 is 38.2 Å². The lowest BCUT2D eigenvalue weighted by molar-refractivity contribution is -2.00. The van der Waals surface area contributed by atoms with Crippen molar-refractivity contribution in [3.63, 3.8) is 0 Å². The van der Waals surface area contributed by atoms with E-state index < -0.39 is 10.2 Å². The van der Waals surface area contributed by atoms with Crippen LogP contribution in [0.3, 0.4) is 0 Å². The number of nitrogens with zero attached hydrogens (tertiary/aromatic N) is 1. The highest BCUT2D eigenvalue weighted by Crippen LogP contribution is 2.51. The molecule has 7 heteroatoms. The third-order valence-electron chi connectivity index (χ3n) is 4.68. The molecule has 2 bridgehead atoms. The molecule has 6 nitrogen and oxygen atoms in total. The smallest absolute Gasteiger partial charge is 0.196 e. The molecule has 5 rings (SSSR count). The van der Waals surface area contributed by atoms with E-state index in [0.29, 0.717) is 5.78 Å². The predicted octanol–water partition coefficient (Wildman–Crippen LogP) is -2.14. The van der Waals surface area contributed by atoms with E-state index in [1.807, 2.05) is 18.2 Å². The number of hydrogen-bond donors (Lipinski definition) is 0. The largest absolute Gasteiger partial charge is 0.297 e. The monoisotopic (exact) mass is 349 g/mol. The van der Waals surface area contributed by atoms with E-state index in [1.54, 1.807) is 0 Å². The number of benzene rings is 1. The Morgan fingerprint density at radius 3 is 2.12 bits per heavy atom. The summed E-state index contributed by atoms with van der Waals surface area (Å²) in [4.78, 5) is 12.8. The highest BCUT2D eigenvalue weighted by atomic mass is 35.7. The summed E-state index contributed by atoms with van der Waals surface area (Å²) < 4.78 is 36.3. The maximum absolute atomic E-state index is 12.8. The first-order chi connectivity index (χ1) is 11.1. The minimum Gasteiger partial charge on any atom is -0.297 e. The van der Waals surface area contributed by atoms with Crippen LogP contribution in [0.2, 0.25) is 0 Å². The maximum Gasteiger partial charge on any atom is 0.196 e. The van der Waals surface area contributed by atoms with Gasteiger partial charge in [0, 0.05) is 17.7 Å². The van der Waals surface area contributed by atoms with Gasteiger partial charge in [0.05, 0.1) is 5.41 Å². The standard InChI is InChI=1S/C17H16NO.ClHO4/c1-17(2)15-12-8-4-3-7-11(12)14(16(17)19)13-9-5-6-10-18(13)15;2-1(3,4)5/h3-10,14-15H,1-2H3;(H,2,3,4,5)/q+1;/p-1. The highest BCUT2D eigenvalue weighted by molar-refractivity contribution is 5.96. The Bertz CT molecular complexity index is 746. The summed E-state index contributed by atoms with van der Waals surface area (Å²) in [6.07, 6.45) is 2.11. The number of pyridine rings is 1. The molecule has 0 spiro atoms. The van der Waals surface area contributed by atoms with Gasteiger partial charge in [-0.15, -0.1) is 10.2 Å². The molecule has 0 N–H and O–H groups in total. The van der Waals surface area contributed by atoms with Gasteiger partial charge in [0.15, 0.2) is 23.7 Å². The number of carbonyl (C=O) groups excluding carboxylic acids is 1. The van der Waals surface area contributed by atoms with Crippen molar-refractivity contribution >= 4 is 5.78 Å². The molecule has 0 amide bonds. The van der Waals surface area contributed by atoms with Gasteiger partial charge in [-0.1, -0.05) is 30.3 Å². The van der Waals surface area contributed by atoms with E-state index in [-0.39, 0.29) is 17.4 Å². The Hall–Kier alpha value is -1.83. The molecule has 1 aromatic carbocycles. The summed E-state index contributed by atoms with van der Waals surface area (Å²) >= 11 is 0. The third kappa shape index (κ3) is 2.72. The fraction of sp³-hybridized carbons (Fsp3) is 0.294. The molecule has 0 saturated carbocycles. The lowest BCUT2D eigenvalue weighted by Gasteiger charge is -2.43. The Morgan fingerprint density at radius 1 is 0.958 bits per heavy atom. The zero-order valence-electron chi connectivity index (χ0n) is 13.1. The summed E-state index contributed by atoms with van der Waals surface area (Å²) in [6.45, 7) is 4.15. The molecule has 2 aromatic rings. The van der Waals surface area contributed by atoms with Crippen LogP contribution in [0.5, 0.6) is 0 Å². The maximum atomic E-state index is 12.8. The molecule has 126 valence electrons. The van der Waals surface area contributed by atoms with Gasteiger partial charge >= 0.3 is 0 Å². The minimum absolute atomic E-state index is 0.0996. The van der Waals surface area contributed by atoms with Gasteiger partial charge in [0.1, 0.15) is 5.92 Å².